The van der Waals surface area contributed by atoms with E-state index in [1.165, 1.54) is 11.1 Å². The van der Waals surface area contributed by atoms with Crippen LogP contribution in [0, 0.1) is 0 Å². The van der Waals surface area contributed by atoms with Crippen molar-refractivity contribution in [1.82, 2.24) is 4.90 Å². The van der Waals surface area contributed by atoms with E-state index >= 15 is 0 Å². The highest BCUT2D eigenvalue weighted by Gasteiger charge is 2.23. The molecule has 0 spiro atoms. The molecule has 5 heteroatoms. The van der Waals surface area contributed by atoms with Crippen LogP contribution in [0.25, 0.3) is 0 Å². The summed E-state index contributed by atoms with van der Waals surface area (Å²) in [6.45, 7) is 4.36. The van der Waals surface area contributed by atoms with Gasteiger partial charge < -0.3 is 9.74 Å². The van der Waals surface area contributed by atoms with Crippen molar-refractivity contribution in [3.63, 3.8) is 0 Å². The van der Waals surface area contributed by atoms with Crippen LogP contribution in [0.3, 0.4) is 0 Å². The number of carbonyl (C=O) groups excluding carboxylic acids is 2. The van der Waals surface area contributed by atoms with Gasteiger partial charge in [0.1, 0.15) is 0 Å². The van der Waals surface area contributed by atoms with Gasteiger partial charge in [-0.2, -0.15) is 0 Å². The standard InChI is InChI=1S/C20H20N2O3/c1-2-3-14-22(16-18-12-8-5-9-13-18)19(23)20(24)25-21-15-17-10-6-4-7-11-17/h2,4-13,15H,1,3,14,16H2/b21-15+. The SMILES string of the molecule is C=CCCN(Cc1ccccc1)C(=O)C(=O)O/N=C/c1ccccc1. The minimum Gasteiger partial charge on any atom is -0.328 e. The van der Waals surface area contributed by atoms with Gasteiger partial charge >= 0.3 is 11.9 Å². The van der Waals surface area contributed by atoms with E-state index in [-0.39, 0.29) is 0 Å². The molecule has 0 atom stereocenters. The van der Waals surface area contributed by atoms with Crippen molar-refractivity contribution in [1.29, 1.82) is 0 Å². The Bertz CT molecular complexity index is 727. The molecule has 0 saturated carbocycles. The lowest BCUT2D eigenvalue weighted by Gasteiger charge is -2.20. The second kappa shape index (κ2) is 9.82. The molecule has 0 saturated heterocycles. The number of oxime groups is 1. The molecule has 0 aliphatic heterocycles. The highest BCUT2D eigenvalue weighted by atomic mass is 16.7. The molecule has 0 heterocycles. The molecule has 25 heavy (non-hydrogen) atoms. The van der Waals surface area contributed by atoms with Crippen molar-refractivity contribution in [2.75, 3.05) is 6.54 Å². The Balaban J connectivity index is 1.98. The molecular weight excluding hydrogens is 316 g/mol. The third-order valence-electron chi connectivity index (χ3n) is 3.42. The molecule has 128 valence electrons. The first kappa shape index (κ1) is 18.1. The quantitative estimate of drug-likeness (QED) is 0.256. The van der Waals surface area contributed by atoms with Crippen LogP contribution in [-0.2, 0) is 21.0 Å². The van der Waals surface area contributed by atoms with Crippen LogP contribution in [0.2, 0.25) is 0 Å². The summed E-state index contributed by atoms with van der Waals surface area (Å²) in [5.74, 6) is -1.73. The minimum atomic E-state index is -1.01. The van der Waals surface area contributed by atoms with Crippen molar-refractivity contribution in [2.45, 2.75) is 13.0 Å². The maximum atomic E-state index is 12.3. The maximum absolute atomic E-state index is 12.3. The van der Waals surface area contributed by atoms with Gasteiger partial charge in [-0.1, -0.05) is 71.9 Å². The molecule has 0 fully saturated rings. The lowest BCUT2D eigenvalue weighted by Crippen LogP contribution is -2.37. The van der Waals surface area contributed by atoms with E-state index in [1.807, 2.05) is 60.7 Å². The molecule has 0 bridgehead atoms. The van der Waals surface area contributed by atoms with E-state index < -0.39 is 11.9 Å². The second-order valence-electron chi connectivity index (χ2n) is 5.31. The van der Waals surface area contributed by atoms with E-state index in [0.29, 0.717) is 19.5 Å². The monoisotopic (exact) mass is 336 g/mol. The molecule has 5 nitrogen and oxygen atoms in total. The van der Waals surface area contributed by atoms with Crippen LogP contribution in [0.15, 0.2) is 78.5 Å². The predicted octanol–water partition coefficient (Wildman–Crippen LogP) is 3.17. The van der Waals surface area contributed by atoms with Gasteiger partial charge in [0.2, 0.25) is 0 Å². The van der Waals surface area contributed by atoms with Gasteiger partial charge in [0.25, 0.3) is 0 Å². The number of carbonyl (C=O) groups is 2. The summed E-state index contributed by atoms with van der Waals surface area (Å²) in [4.78, 5) is 30.5. The third kappa shape index (κ3) is 6.06. The summed E-state index contributed by atoms with van der Waals surface area (Å²) in [5, 5.41) is 3.59. The van der Waals surface area contributed by atoms with Crippen LogP contribution in [0.4, 0.5) is 0 Å². The fourth-order valence-corrected chi connectivity index (χ4v) is 2.15. The fourth-order valence-electron chi connectivity index (χ4n) is 2.15. The van der Waals surface area contributed by atoms with Gasteiger partial charge in [-0.3, -0.25) is 4.79 Å². The largest absolute Gasteiger partial charge is 0.422 e. The highest BCUT2D eigenvalue weighted by molar-refractivity contribution is 6.32. The maximum Gasteiger partial charge on any atom is 0.422 e. The second-order valence-corrected chi connectivity index (χ2v) is 5.31. The van der Waals surface area contributed by atoms with Crippen molar-refractivity contribution in [3.8, 4) is 0 Å². The molecule has 2 aromatic rings. The Morgan fingerprint density at radius 1 is 1.04 bits per heavy atom. The molecule has 0 unspecified atom stereocenters. The Morgan fingerprint density at radius 2 is 1.68 bits per heavy atom. The summed E-state index contributed by atoms with van der Waals surface area (Å²) in [5.41, 5.74) is 1.70. The van der Waals surface area contributed by atoms with Gasteiger partial charge in [0.15, 0.2) is 0 Å². The first-order chi connectivity index (χ1) is 12.2. The van der Waals surface area contributed by atoms with Gasteiger partial charge in [-0.05, 0) is 17.5 Å². The Kier molecular flexibility index (Phi) is 7.13. The van der Waals surface area contributed by atoms with Gasteiger partial charge in [-0.15, -0.1) is 6.58 Å². The Labute approximate surface area is 147 Å². The molecule has 0 aliphatic carbocycles. The molecular formula is C20H20N2O3. The molecule has 0 aromatic heterocycles. The summed E-state index contributed by atoms with van der Waals surface area (Å²) >= 11 is 0. The summed E-state index contributed by atoms with van der Waals surface area (Å²) in [7, 11) is 0. The van der Waals surface area contributed by atoms with Crippen LogP contribution in [0.5, 0.6) is 0 Å². The average molecular weight is 336 g/mol. The summed E-state index contributed by atoms with van der Waals surface area (Å²) < 4.78 is 0. The van der Waals surface area contributed by atoms with E-state index in [0.717, 1.165) is 11.1 Å². The fraction of sp³-hybridized carbons (Fsp3) is 0.150. The Morgan fingerprint density at radius 3 is 2.32 bits per heavy atom. The molecule has 2 aromatic carbocycles. The topological polar surface area (TPSA) is 59.0 Å². The lowest BCUT2D eigenvalue weighted by atomic mass is 10.2. The minimum absolute atomic E-state index is 0.324. The first-order valence-corrected chi connectivity index (χ1v) is 7.94. The first-order valence-electron chi connectivity index (χ1n) is 7.94. The molecule has 0 radical (unpaired) electrons. The van der Waals surface area contributed by atoms with Gasteiger partial charge in [0, 0.05) is 13.1 Å². The van der Waals surface area contributed by atoms with Crippen molar-refractivity contribution >= 4 is 18.1 Å². The smallest absolute Gasteiger partial charge is 0.328 e. The van der Waals surface area contributed by atoms with Gasteiger partial charge in [0.05, 0.1) is 6.21 Å². The zero-order chi connectivity index (χ0) is 17.9. The van der Waals surface area contributed by atoms with E-state index in [4.69, 9.17) is 4.84 Å². The van der Waals surface area contributed by atoms with Crippen molar-refractivity contribution < 1.29 is 14.4 Å². The number of nitrogens with zero attached hydrogens (tertiary/aromatic N) is 2. The third-order valence-corrected chi connectivity index (χ3v) is 3.42. The molecule has 2 rings (SSSR count). The zero-order valence-electron chi connectivity index (χ0n) is 13.9. The predicted molar refractivity (Wildman–Crippen MR) is 96.8 cm³/mol. The summed E-state index contributed by atoms with van der Waals surface area (Å²) in [6.07, 6.45) is 3.67. The number of hydrogen-bond donors (Lipinski definition) is 0. The van der Waals surface area contributed by atoms with Crippen molar-refractivity contribution in [2.24, 2.45) is 5.16 Å². The summed E-state index contributed by atoms with van der Waals surface area (Å²) in [6, 6.07) is 18.6. The van der Waals surface area contributed by atoms with Crippen LogP contribution in [-0.4, -0.2) is 29.5 Å². The number of benzene rings is 2. The Hall–Kier alpha value is -3.21. The van der Waals surface area contributed by atoms with Crippen molar-refractivity contribution in [3.05, 3.63) is 84.4 Å². The van der Waals surface area contributed by atoms with Crippen LogP contribution in [0.1, 0.15) is 17.5 Å². The zero-order valence-corrected chi connectivity index (χ0v) is 13.9. The van der Waals surface area contributed by atoms with Gasteiger partial charge in [-0.25, -0.2) is 4.79 Å². The highest BCUT2D eigenvalue weighted by Crippen LogP contribution is 2.07. The number of rotatable bonds is 7. The average Bonchev–Trinajstić information content (AvgIpc) is 2.66. The molecule has 0 aliphatic rings. The van der Waals surface area contributed by atoms with Crippen LogP contribution >= 0.6 is 0 Å². The molecule has 1 amide bonds. The van der Waals surface area contributed by atoms with E-state index in [1.54, 1.807) is 6.08 Å². The van der Waals surface area contributed by atoms with Crippen LogP contribution < -0.4 is 0 Å². The molecule has 0 N–H and O–H groups in total. The van der Waals surface area contributed by atoms with E-state index in [9.17, 15) is 9.59 Å². The number of hydrogen-bond acceptors (Lipinski definition) is 4. The normalized spacial score (nSPS) is 10.4. The lowest BCUT2D eigenvalue weighted by molar-refractivity contribution is -0.160. The number of amides is 1. The van der Waals surface area contributed by atoms with E-state index in [2.05, 4.69) is 11.7 Å².